The van der Waals surface area contributed by atoms with Crippen LogP contribution in [0.5, 0.6) is 0 Å². The molecule has 0 atom stereocenters. The Morgan fingerprint density at radius 2 is 1.50 bits per heavy atom. The first kappa shape index (κ1) is 16.6. The lowest BCUT2D eigenvalue weighted by Crippen LogP contribution is -1.98. The maximum absolute atomic E-state index is 5.99. The van der Waals surface area contributed by atoms with Crippen molar-refractivity contribution in [2.24, 2.45) is 0 Å². The summed E-state index contributed by atoms with van der Waals surface area (Å²) in [6.45, 7) is 0. The smallest absolute Gasteiger partial charge is 0.0589 e. The van der Waals surface area contributed by atoms with Gasteiger partial charge < -0.3 is 11.5 Å². The molecular formula is C26H22N2. The predicted molar refractivity (Wildman–Crippen MR) is 120 cm³/mol. The second kappa shape index (κ2) is 6.58. The lowest BCUT2D eigenvalue weighted by atomic mass is 10.0. The fourth-order valence-corrected chi connectivity index (χ4v) is 4.29. The number of fused-ring (bicyclic) bond motifs is 6. The Bertz CT molecular complexity index is 1230. The van der Waals surface area contributed by atoms with Crippen molar-refractivity contribution in [3.05, 3.63) is 101 Å². The maximum Gasteiger partial charge on any atom is 0.0589 e. The van der Waals surface area contributed by atoms with Gasteiger partial charge in [0.15, 0.2) is 0 Å². The van der Waals surface area contributed by atoms with Crippen molar-refractivity contribution in [3.63, 3.8) is 0 Å². The quantitative estimate of drug-likeness (QED) is 0.340. The van der Waals surface area contributed by atoms with E-state index in [1.54, 1.807) is 0 Å². The molecule has 0 unspecified atom stereocenters. The third-order valence-corrected chi connectivity index (χ3v) is 5.76. The summed E-state index contributed by atoms with van der Waals surface area (Å²) >= 11 is 0. The van der Waals surface area contributed by atoms with Crippen LogP contribution in [0.15, 0.2) is 78.9 Å². The Morgan fingerprint density at radius 3 is 2.43 bits per heavy atom. The molecule has 6 rings (SSSR count). The van der Waals surface area contributed by atoms with Crippen molar-refractivity contribution in [2.75, 3.05) is 11.5 Å². The Kier molecular flexibility index (Phi) is 3.91. The SMILES string of the molecule is C1=Cc2ccc3ccccc3c2C1.Nc1ccc2c(c1N)Cc1ccccc1-2. The molecule has 136 valence electrons. The van der Waals surface area contributed by atoms with Gasteiger partial charge in [-0.3, -0.25) is 0 Å². The highest BCUT2D eigenvalue weighted by atomic mass is 14.7. The van der Waals surface area contributed by atoms with E-state index in [0.717, 1.165) is 18.5 Å². The summed E-state index contributed by atoms with van der Waals surface area (Å²) in [7, 11) is 0. The number of hydrogen-bond donors (Lipinski definition) is 2. The van der Waals surface area contributed by atoms with Gasteiger partial charge in [0.1, 0.15) is 0 Å². The molecule has 4 aromatic carbocycles. The van der Waals surface area contributed by atoms with Gasteiger partial charge >= 0.3 is 0 Å². The van der Waals surface area contributed by atoms with E-state index < -0.39 is 0 Å². The van der Waals surface area contributed by atoms with Crippen molar-refractivity contribution < 1.29 is 0 Å². The van der Waals surface area contributed by atoms with Gasteiger partial charge in [-0.1, -0.05) is 78.9 Å². The molecular weight excluding hydrogens is 340 g/mol. The molecule has 0 spiro atoms. The van der Waals surface area contributed by atoms with Crippen molar-refractivity contribution in [1.82, 2.24) is 0 Å². The van der Waals surface area contributed by atoms with Gasteiger partial charge in [0, 0.05) is 6.42 Å². The Hall–Kier alpha value is -3.52. The normalized spacial score (nSPS) is 12.9. The van der Waals surface area contributed by atoms with Crippen LogP contribution in [-0.2, 0) is 12.8 Å². The van der Waals surface area contributed by atoms with Crippen LogP contribution >= 0.6 is 0 Å². The van der Waals surface area contributed by atoms with Gasteiger partial charge in [-0.2, -0.15) is 0 Å². The number of allylic oxidation sites excluding steroid dienone is 1. The first-order valence-corrected chi connectivity index (χ1v) is 9.64. The standard InChI is InChI=1S/C13H12N2.C13H10/c14-12-6-5-10-9-4-2-1-3-8(9)7-11(10)13(12)15;1-2-6-12-10(4-1)8-9-11-5-3-7-13(11)12/h1-6H,7,14-15H2;1-6,8-9H,7H2. The predicted octanol–water partition coefficient (Wildman–Crippen LogP) is 5.83. The van der Waals surface area contributed by atoms with Gasteiger partial charge in [0.2, 0.25) is 0 Å². The average molecular weight is 362 g/mol. The molecule has 0 aliphatic heterocycles. The molecule has 0 heterocycles. The average Bonchev–Trinajstić information content (AvgIpc) is 3.36. The number of nitrogen functional groups attached to an aromatic ring is 2. The van der Waals surface area contributed by atoms with Gasteiger partial charge in [0.05, 0.1) is 11.4 Å². The first-order valence-electron chi connectivity index (χ1n) is 9.64. The van der Waals surface area contributed by atoms with E-state index in [1.807, 2.05) is 6.07 Å². The highest BCUT2D eigenvalue weighted by molar-refractivity contribution is 5.90. The molecule has 4 N–H and O–H groups in total. The second-order valence-corrected chi connectivity index (χ2v) is 7.39. The van der Waals surface area contributed by atoms with E-state index in [0.29, 0.717) is 5.69 Å². The molecule has 0 saturated heterocycles. The van der Waals surface area contributed by atoms with Crippen LogP contribution in [0.2, 0.25) is 0 Å². The minimum Gasteiger partial charge on any atom is -0.397 e. The fourth-order valence-electron chi connectivity index (χ4n) is 4.29. The summed E-state index contributed by atoms with van der Waals surface area (Å²) in [6, 6.07) is 25.3. The van der Waals surface area contributed by atoms with E-state index in [2.05, 4.69) is 78.9 Å². The first-order chi connectivity index (χ1) is 13.7. The van der Waals surface area contributed by atoms with Crippen molar-refractivity contribution in [1.29, 1.82) is 0 Å². The largest absolute Gasteiger partial charge is 0.397 e. The molecule has 4 aromatic rings. The Balaban J connectivity index is 0.000000123. The van der Waals surface area contributed by atoms with E-state index >= 15 is 0 Å². The van der Waals surface area contributed by atoms with Crippen LogP contribution in [-0.4, -0.2) is 0 Å². The molecule has 2 aliphatic rings. The van der Waals surface area contributed by atoms with Crippen LogP contribution < -0.4 is 11.5 Å². The number of anilines is 2. The monoisotopic (exact) mass is 362 g/mol. The number of nitrogens with two attached hydrogens (primary N) is 2. The Labute approximate surface area is 165 Å². The summed E-state index contributed by atoms with van der Waals surface area (Å²) in [5, 5.41) is 2.76. The lowest BCUT2D eigenvalue weighted by molar-refractivity contribution is 1.27. The van der Waals surface area contributed by atoms with Crippen LogP contribution in [0.25, 0.3) is 28.0 Å². The van der Waals surface area contributed by atoms with Gasteiger partial charge in [-0.15, -0.1) is 0 Å². The fraction of sp³-hybridized carbons (Fsp3) is 0.0769. The second-order valence-electron chi connectivity index (χ2n) is 7.39. The third kappa shape index (κ3) is 2.66. The van der Waals surface area contributed by atoms with E-state index in [1.165, 1.54) is 44.2 Å². The molecule has 2 nitrogen and oxygen atoms in total. The van der Waals surface area contributed by atoms with Gasteiger partial charge in [-0.25, -0.2) is 0 Å². The molecule has 0 radical (unpaired) electrons. The molecule has 0 amide bonds. The van der Waals surface area contributed by atoms with E-state index in [-0.39, 0.29) is 0 Å². The zero-order valence-electron chi connectivity index (χ0n) is 15.7. The summed E-state index contributed by atoms with van der Waals surface area (Å²) in [6.07, 6.45) is 6.44. The number of hydrogen-bond acceptors (Lipinski definition) is 2. The van der Waals surface area contributed by atoms with E-state index in [4.69, 9.17) is 11.5 Å². The zero-order chi connectivity index (χ0) is 19.1. The molecule has 0 fully saturated rings. The molecule has 0 saturated carbocycles. The van der Waals surface area contributed by atoms with Crippen LogP contribution in [0, 0.1) is 0 Å². The molecule has 0 aromatic heterocycles. The molecule has 2 heteroatoms. The minimum absolute atomic E-state index is 0.682. The summed E-state index contributed by atoms with van der Waals surface area (Å²) in [5.41, 5.74) is 21.1. The van der Waals surface area contributed by atoms with Crippen LogP contribution in [0.4, 0.5) is 11.4 Å². The maximum atomic E-state index is 5.99. The number of rotatable bonds is 0. The lowest BCUT2D eigenvalue weighted by Gasteiger charge is -2.06. The van der Waals surface area contributed by atoms with Crippen molar-refractivity contribution in [2.45, 2.75) is 12.8 Å². The highest BCUT2D eigenvalue weighted by Crippen LogP contribution is 2.41. The van der Waals surface area contributed by atoms with Crippen molar-refractivity contribution in [3.8, 4) is 11.1 Å². The van der Waals surface area contributed by atoms with Crippen LogP contribution in [0.1, 0.15) is 22.3 Å². The topological polar surface area (TPSA) is 52.0 Å². The Morgan fingerprint density at radius 1 is 0.679 bits per heavy atom. The summed E-state index contributed by atoms with van der Waals surface area (Å²) in [4.78, 5) is 0. The van der Waals surface area contributed by atoms with E-state index in [9.17, 15) is 0 Å². The highest BCUT2D eigenvalue weighted by Gasteiger charge is 2.20. The number of benzene rings is 4. The minimum atomic E-state index is 0.682. The van der Waals surface area contributed by atoms with Crippen LogP contribution in [0.3, 0.4) is 0 Å². The van der Waals surface area contributed by atoms with Gasteiger partial charge in [-0.05, 0) is 56.6 Å². The molecule has 28 heavy (non-hydrogen) atoms. The summed E-state index contributed by atoms with van der Waals surface area (Å²) < 4.78 is 0. The third-order valence-electron chi connectivity index (χ3n) is 5.76. The molecule has 0 bridgehead atoms. The van der Waals surface area contributed by atoms with Crippen molar-refractivity contribution >= 4 is 28.2 Å². The molecule has 2 aliphatic carbocycles. The van der Waals surface area contributed by atoms with Gasteiger partial charge in [0.25, 0.3) is 0 Å². The zero-order valence-corrected chi connectivity index (χ0v) is 15.7. The summed E-state index contributed by atoms with van der Waals surface area (Å²) in [5.74, 6) is 0.